The molecule has 8 heteroatoms. The molecular weight excluding hydrogens is 378 g/mol. The smallest absolute Gasteiger partial charge is 0.393 e. The van der Waals surface area contributed by atoms with Crippen molar-refractivity contribution in [2.45, 2.75) is 27.7 Å². The van der Waals surface area contributed by atoms with Crippen LogP contribution in [0.15, 0.2) is 35.5 Å². The molecule has 0 atom stereocenters. The van der Waals surface area contributed by atoms with Gasteiger partial charge in [-0.05, 0) is 50.2 Å². The van der Waals surface area contributed by atoms with Gasteiger partial charge in [-0.3, -0.25) is 0 Å². The molecule has 1 aromatic heterocycles. The fourth-order valence-corrected chi connectivity index (χ4v) is 4.54. The van der Waals surface area contributed by atoms with Crippen molar-refractivity contribution in [3.8, 4) is 0 Å². The van der Waals surface area contributed by atoms with Crippen LogP contribution >= 0.6 is 11.6 Å². The van der Waals surface area contributed by atoms with Gasteiger partial charge in [0.1, 0.15) is 17.3 Å². The van der Waals surface area contributed by atoms with Gasteiger partial charge in [-0.15, -0.1) is 0 Å². The van der Waals surface area contributed by atoms with Crippen LogP contribution in [0.4, 0.5) is 17.4 Å². The maximum atomic E-state index is 15.5. The summed E-state index contributed by atoms with van der Waals surface area (Å²) in [5, 5.41) is -0.419. The highest BCUT2D eigenvalue weighted by Gasteiger charge is 2.55. The van der Waals surface area contributed by atoms with Crippen molar-refractivity contribution in [1.82, 2.24) is 4.48 Å². The summed E-state index contributed by atoms with van der Waals surface area (Å²) in [5.74, 6) is -1.56. The fraction of sp³-hybridized carbons (Fsp3) is 0.211. The first-order valence-electron chi connectivity index (χ1n) is 8.48. The van der Waals surface area contributed by atoms with Gasteiger partial charge >= 0.3 is 6.97 Å². The van der Waals surface area contributed by atoms with E-state index in [0.29, 0.717) is 22.5 Å². The number of rotatable bonds is 1. The molecule has 2 aromatic rings. The summed E-state index contributed by atoms with van der Waals surface area (Å²) in [6, 6.07) is 3.51. The molecule has 3 heterocycles. The number of benzene rings is 1. The van der Waals surface area contributed by atoms with Gasteiger partial charge in [-0.2, -0.15) is 0 Å². The summed E-state index contributed by atoms with van der Waals surface area (Å²) in [5.41, 5.74) is 2.09. The first kappa shape index (κ1) is 18.1. The van der Waals surface area contributed by atoms with E-state index >= 15 is 8.63 Å². The predicted octanol–water partition coefficient (Wildman–Crippen LogP) is 5.47. The van der Waals surface area contributed by atoms with E-state index in [4.69, 9.17) is 11.6 Å². The Morgan fingerprint density at radius 2 is 1.67 bits per heavy atom. The Kier molecular flexibility index (Phi) is 3.76. The maximum Gasteiger partial charge on any atom is 0.737 e. The van der Waals surface area contributed by atoms with Gasteiger partial charge in [0.25, 0.3) is 0 Å². The lowest BCUT2D eigenvalue weighted by molar-refractivity contribution is -0.363. The molecule has 0 saturated carbocycles. The minimum atomic E-state index is -4.18. The van der Waals surface area contributed by atoms with Gasteiger partial charge < -0.3 is 17.6 Å². The third kappa shape index (κ3) is 2.24. The standard InChI is InChI=1S/C19H16BClF4N2/c1-9-7-11(3)26-18(9)16(15-13(22)5-6-14(23)17(15)21)19-10(2)8-12(4)27(19)20(26,24)25/h5-8H,1-4H3. The molecule has 0 fully saturated rings. The van der Waals surface area contributed by atoms with Crippen molar-refractivity contribution in [3.05, 3.63) is 74.7 Å². The molecule has 0 bridgehead atoms. The van der Waals surface area contributed by atoms with Crippen LogP contribution in [-0.4, -0.2) is 21.6 Å². The van der Waals surface area contributed by atoms with Gasteiger partial charge in [0.2, 0.25) is 0 Å². The molecule has 2 aliphatic heterocycles. The summed E-state index contributed by atoms with van der Waals surface area (Å²) in [7, 11) is 0. The Labute approximate surface area is 159 Å². The largest absolute Gasteiger partial charge is 0.737 e. The van der Waals surface area contributed by atoms with Crippen LogP contribution in [0.1, 0.15) is 36.4 Å². The average Bonchev–Trinajstić information content (AvgIpc) is 3.04. The SMILES string of the molecule is CC1=CC(C)=[N+]2C1=C(c1c(F)ccc(F)c1Cl)c1c(C)cc(C)n1[B-]2(F)F. The van der Waals surface area contributed by atoms with Gasteiger partial charge in [0, 0.05) is 29.8 Å². The lowest BCUT2D eigenvalue weighted by Gasteiger charge is -2.34. The number of fused-ring (bicyclic) bond motifs is 2. The molecule has 0 amide bonds. The fourth-order valence-electron chi connectivity index (χ4n) is 4.29. The Morgan fingerprint density at radius 3 is 2.33 bits per heavy atom. The van der Waals surface area contributed by atoms with Crippen LogP contribution < -0.4 is 0 Å². The van der Waals surface area contributed by atoms with E-state index in [-0.39, 0.29) is 22.5 Å². The van der Waals surface area contributed by atoms with Crippen molar-refractivity contribution < 1.29 is 21.9 Å². The Hall–Kier alpha value is -2.28. The lowest BCUT2D eigenvalue weighted by atomic mass is 9.83. The van der Waals surface area contributed by atoms with E-state index in [1.165, 1.54) is 0 Å². The molecule has 0 N–H and O–H groups in total. The Balaban J connectivity index is 2.25. The topological polar surface area (TPSA) is 7.94 Å². The van der Waals surface area contributed by atoms with Crippen LogP contribution in [0.3, 0.4) is 0 Å². The molecule has 0 radical (unpaired) electrons. The molecule has 0 unspecified atom stereocenters. The van der Waals surface area contributed by atoms with E-state index in [9.17, 15) is 8.78 Å². The number of allylic oxidation sites excluding steroid dienone is 2. The zero-order chi connectivity index (χ0) is 19.8. The zero-order valence-corrected chi connectivity index (χ0v) is 15.9. The van der Waals surface area contributed by atoms with Gasteiger partial charge in [0.05, 0.1) is 10.6 Å². The van der Waals surface area contributed by atoms with Crippen molar-refractivity contribution in [2.75, 3.05) is 0 Å². The summed E-state index contributed by atoms with van der Waals surface area (Å²) < 4.78 is 61.8. The molecule has 0 spiro atoms. The van der Waals surface area contributed by atoms with Crippen molar-refractivity contribution in [2.24, 2.45) is 0 Å². The minimum absolute atomic E-state index is 0.164. The first-order chi connectivity index (χ1) is 12.6. The molecule has 2 aliphatic rings. The van der Waals surface area contributed by atoms with Crippen LogP contribution in [0, 0.1) is 25.5 Å². The molecule has 1 aromatic carbocycles. The summed E-state index contributed by atoms with van der Waals surface area (Å²) in [4.78, 5) is 0. The second kappa shape index (κ2) is 5.61. The number of hydrogen-bond donors (Lipinski definition) is 0. The highest BCUT2D eigenvalue weighted by Crippen LogP contribution is 2.46. The minimum Gasteiger partial charge on any atom is -0.393 e. The quantitative estimate of drug-likeness (QED) is 0.344. The number of aryl methyl sites for hydroxylation is 2. The van der Waals surface area contributed by atoms with Gasteiger partial charge in [0.15, 0.2) is 5.70 Å². The molecule has 140 valence electrons. The van der Waals surface area contributed by atoms with Gasteiger partial charge in [-0.1, -0.05) is 11.6 Å². The van der Waals surface area contributed by atoms with E-state index in [1.54, 1.807) is 39.8 Å². The van der Waals surface area contributed by atoms with Crippen molar-refractivity contribution in [1.29, 1.82) is 0 Å². The Bertz CT molecular complexity index is 1130. The second-order valence-corrected chi connectivity index (χ2v) is 7.43. The maximum absolute atomic E-state index is 15.5. The monoisotopic (exact) mass is 394 g/mol. The third-order valence-corrected chi connectivity index (χ3v) is 5.60. The predicted molar refractivity (Wildman–Crippen MR) is 99.4 cm³/mol. The van der Waals surface area contributed by atoms with E-state index in [1.807, 2.05) is 0 Å². The molecule has 27 heavy (non-hydrogen) atoms. The highest BCUT2D eigenvalue weighted by atomic mass is 35.5. The van der Waals surface area contributed by atoms with Crippen molar-refractivity contribution >= 4 is 29.9 Å². The normalized spacial score (nSPS) is 18.0. The Morgan fingerprint density at radius 1 is 1.04 bits per heavy atom. The summed E-state index contributed by atoms with van der Waals surface area (Å²) in [6.45, 7) is 2.32. The van der Waals surface area contributed by atoms with Crippen LogP contribution in [-0.2, 0) is 0 Å². The number of hydrogen-bond acceptors (Lipinski definition) is 0. The van der Waals surface area contributed by atoms with Gasteiger partial charge in [-0.25, -0.2) is 8.78 Å². The van der Waals surface area contributed by atoms with E-state index in [0.717, 1.165) is 21.1 Å². The summed E-state index contributed by atoms with van der Waals surface area (Å²) >= 11 is 6.12. The zero-order valence-electron chi connectivity index (χ0n) is 15.2. The molecular formula is C19H16BClF4N2. The molecule has 4 rings (SSSR count). The van der Waals surface area contributed by atoms with E-state index < -0.39 is 23.6 Å². The average molecular weight is 395 g/mol. The molecule has 0 saturated heterocycles. The lowest BCUT2D eigenvalue weighted by Crippen LogP contribution is -2.51. The summed E-state index contributed by atoms with van der Waals surface area (Å²) in [6.07, 6.45) is 1.62. The highest BCUT2D eigenvalue weighted by molar-refractivity contribution is 6.58. The molecule has 0 aliphatic carbocycles. The van der Waals surface area contributed by atoms with Crippen LogP contribution in [0.5, 0.6) is 0 Å². The number of halogens is 5. The first-order valence-corrected chi connectivity index (χ1v) is 8.86. The third-order valence-electron chi connectivity index (χ3n) is 5.23. The molecule has 2 nitrogen and oxygen atoms in total. The van der Waals surface area contributed by atoms with E-state index in [2.05, 4.69) is 0 Å². The van der Waals surface area contributed by atoms with Crippen LogP contribution in [0.2, 0.25) is 5.02 Å². The number of aromatic nitrogens is 1. The van der Waals surface area contributed by atoms with Crippen molar-refractivity contribution in [3.63, 3.8) is 0 Å². The second-order valence-electron chi connectivity index (χ2n) is 7.06. The van der Waals surface area contributed by atoms with Crippen LogP contribution in [0.25, 0.3) is 5.57 Å². The number of nitrogens with zero attached hydrogens (tertiary/aromatic N) is 2.